The van der Waals surface area contributed by atoms with Crippen LogP contribution < -0.4 is 15.4 Å². The van der Waals surface area contributed by atoms with E-state index in [-0.39, 0.29) is 0 Å². The maximum atomic E-state index is 6.04. The van der Waals surface area contributed by atoms with Crippen LogP contribution in [0.15, 0.2) is 28.6 Å². The van der Waals surface area contributed by atoms with E-state index in [0.717, 1.165) is 41.9 Å². The van der Waals surface area contributed by atoms with Crippen LogP contribution in [0.25, 0.3) is 0 Å². The van der Waals surface area contributed by atoms with Crippen molar-refractivity contribution in [2.24, 2.45) is 10.9 Å². The standard InChI is InChI=1S/C20H28N4OS/c1-4-19-24-17(13-26-19)11-23-20(21-3)22-10-16-8-5-14(2)9-18(16)25-12-15-6-7-15/h5,8-9,13,15H,4,6-7,10-12H2,1-3H3,(H2,21,22,23). The molecule has 0 aliphatic heterocycles. The lowest BCUT2D eigenvalue weighted by atomic mass is 10.1. The Morgan fingerprint density at radius 2 is 2.12 bits per heavy atom. The molecule has 0 unspecified atom stereocenters. The molecule has 1 aromatic heterocycles. The molecule has 0 radical (unpaired) electrons. The molecular formula is C20H28N4OS. The summed E-state index contributed by atoms with van der Waals surface area (Å²) in [5, 5.41) is 9.97. The van der Waals surface area contributed by atoms with E-state index in [1.54, 1.807) is 18.4 Å². The summed E-state index contributed by atoms with van der Waals surface area (Å²) in [5.74, 6) is 2.49. The van der Waals surface area contributed by atoms with Gasteiger partial charge in [-0.05, 0) is 43.7 Å². The third-order valence-corrected chi connectivity index (χ3v) is 5.44. The Bertz CT molecular complexity index is 752. The van der Waals surface area contributed by atoms with Crippen molar-refractivity contribution >= 4 is 17.3 Å². The summed E-state index contributed by atoms with van der Waals surface area (Å²) in [6, 6.07) is 6.38. The fourth-order valence-corrected chi connectivity index (χ4v) is 3.35. The first-order chi connectivity index (χ1) is 12.7. The molecule has 0 bridgehead atoms. The first-order valence-electron chi connectivity index (χ1n) is 9.28. The summed E-state index contributed by atoms with van der Waals surface area (Å²) < 4.78 is 6.04. The van der Waals surface area contributed by atoms with Gasteiger partial charge >= 0.3 is 0 Å². The van der Waals surface area contributed by atoms with Crippen LogP contribution in [-0.2, 0) is 19.5 Å². The van der Waals surface area contributed by atoms with Crippen molar-refractivity contribution in [3.8, 4) is 5.75 Å². The predicted molar refractivity (Wildman–Crippen MR) is 108 cm³/mol. The minimum atomic E-state index is 0.676. The summed E-state index contributed by atoms with van der Waals surface area (Å²) in [6.07, 6.45) is 3.58. The van der Waals surface area contributed by atoms with E-state index in [4.69, 9.17) is 4.74 Å². The molecule has 0 amide bonds. The number of aromatic nitrogens is 1. The highest BCUT2D eigenvalue weighted by Gasteiger charge is 2.22. The van der Waals surface area contributed by atoms with Gasteiger partial charge in [0, 0.05) is 24.5 Å². The second-order valence-corrected chi connectivity index (χ2v) is 7.67. The smallest absolute Gasteiger partial charge is 0.191 e. The van der Waals surface area contributed by atoms with Crippen molar-refractivity contribution in [1.29, 1.82) is 0 Å². The molecule has 2 N–H and O–H groups in total. The van der Waals surface area contributed by atoms with Crippen LogP contribution in [0.4, 0.5) is 0 Å². The minimum absolute atomic E-state index is 0.676. The lowest BCUT2D eigenvalue weighted by Gasteiger charge is -2.15. The molecule has 3 rings (SSSR count). The molecule has 6 heteroatoms. The number of nitrogens with one attached hydrogen (secondary N) is 2. The second kappa shape index (κ2) is 9.03. The quantitative estimate of drug-likeness (QED) is 0.548. The first-order valence-corrected chi connectivity index (χ1v) is 10.2. The molecule has 5 nitrogen and oxygen atoms in total. The van der Waals surface area contributed by atoms with Crippen molar-refractivity contribution in [2.45, 2.75) is 46.2 Å². The van der Waals surface area contributed by atoms with E-state index >= 15 is 0 Å². The second-order valence-electron chi connectivity index (χ2n) is 6.73. The molecule has 26 heavy (non-hydrogen) atoms. The third kappa shape index (κ3) is 5.46. The van der Waals surface area contributed by atoms with Gasteiger partial charge in [-0.1, -0.05) is 19.1 Å². The van der Waals surface area contributed by atoms with Crippen LogP contribution in [0.2, 0.25) is 0 Å². The molecule has 1 saturated carbocycles. The zero-order valence-corrected chi connectivity index (χ0v) is 16.7. The minimum Gasteiger partial charge on any atom is -0.493 e. The molecule has 2 aromatic rings. The molecule has 1 aromatic carbocycles. The van der Waals surface area contributed by atoms with Crippen molar-refractivity contribution in [3.05, 3.63) is 45.4 Å². The highest BCUT2D eigenvalue weighted by Crippen LogP contribution is 2.30. The number of aryl methyl sites for hydroxylation is 2. The van der Waals surface area contributed by atoms with E-state index in [1.807, 2.05) is 0 Å². The van der Waals surface area contributed by atoms with Crippen LogP contribution >= 0.6 is 11.3 Å². The van der Waals surface area contributed by atoms with E-state index in [1.165, 1.54) is 23.4 Å². The highest BCUT2D eigenvalue weighted by molar-refractivity contribution is 7.09. The van der Waals surface area contributed by atoms with Crippen LogP contribution in [0.5, 0.6) is 5.75 Å². The van der Waals surface area contributed by atoms with E-state index < -0.39 is 0 Å². The number of hydrogen-bond acceptors (Lipinski definition) is 4. The number of rotatable bonds is 8. The fraction of sp³-hybridized carbons (Fsp3) is 0.500. The lowest BCUT2D eigenvalue weighted by molar-refractivity contribution is 0.296. The lowest BCUT2D eigenvalue weighted by Crippen LogP contribution is -2.36. The Hall–Kier alpha value is -2.08. The Kier molecular flexibility index (Phi) is 6.50. The van der Waals surface area contributed by atoms with Gasteiger partial charge in [0.2, 0.25) is 0 Å². The van der Waals surface area contributed by atoms with Crippen molar-refractivity contribution in [2.75, 3.05) is 13.7 Å². The van der Waals surface area contributed by atoms with Gasteiger partial charge in [0.1, 0.15) is 5.75 Å². The maximum absolute atomic E-state index is 6.04. The molecular weight excluding hydrogens is 344 g/mol. The van der Waals surface area contributed by atoms with Gasteiger partial charge in [-0.2, -0.15) is 0 Å². The maximum Gasteiger partial charge on any atom is 0.191 e. The Labute approximate surface area is 159 Å². The van der Waals surface area contributed by atoms with Crippen LogP contribution in [0.1, 0.15) is 41.6 Å². The van der Waals surface area contributed by atoms with Gasteiger partial charge in [-0.25, -0.2) is 4.98 Å². The van der Waals surface area contributed by atoms with E-state index in [2.05, 4.69) is 58.0 Å². The first kappa shape index (κ1) is 18.7. The molecule has 0 spiro atoms. The molecule has 1 aliphatic rings. The Morgan fingerprint density at radius 1 is 1.31 bits per heavy atom. The normalized spacial score (nSPS) is 14.3. The largest absolute Gasteiger partial charge is 0.493 e. The Balaban J connectivity index is 1.54. The van der Waals surface area contributed by atoms with Crippen molar-refractivity contribution in [3.63, 3.8) is 0 Å². The number of guanidine groups is 1. The number of nitrogens with zero attached hydrogens (tertiary/aromatic N) is 2. The van der Waals surface area contributed by atoms with Crippen molar-refractivity contribution in [1.82, 2.24) is 15.6 Å². The number of aliphatic imine (C=N–C) groups is 1. The molecule has 140 valence electrons. The van der Waals surface area contributed by atoms with Crippen molar-refractivity contribution < 1.29 is 4.74 Å². The zero-order valence-electron chi connectivity index (χ0n) is 15.8. The molecule has 1 aliphatic carbocycles. The van der Waals surface area contributed by atoms with Gasteiger partial charge in [0.15, 0.2) is 5.96 Å². The van der Waals surface area contributed by atoms with Gasteiger partial charge < -0.3 is 15.4 Å². The predicted octanol–water partition coefficient (Wildman–Crippen LogP) is 3.67. The van der Waals surface area contributed by atoms with Gasteiger partial charge in [0.25, 0.3) is 0 Å². The van der Waals surface area contributed by atoms with Crippen LogP contribution in [0, 0.1) is 12.8 Å². The van der Waals surface area contributed by atoms with Crippen LogP contribution in [0.3, 0.4) is 0 Å². The fourth-order valence-electron chi connectivity index (χ4n) is 2.60. The summed E-state index contributed by atoms with van der Waals surface area (Å²) in [6.45, 7) is 6.40. The summed E-state index contributed by atoms with van der Waals surface area (Å²) >= 11 is 1.71. The molecule has 1 fully saturated rings. The molecule has 1 heterocycles. The van der Waals surface area contributed by atoms with E-state index in [9.17, 15) is 0 Å². The third-order valence-electron chi connectivity index (χ3n) is 4.40. The van der Waals surface area contributed by atoms with Gasteiger partial charge in [0.05, 0.1) is 23.9 Å². The number of benzene rings is 1. The number of hydrogen-bond donors (Lipinski definition) is 2. The topological polar surface area (TPSA) is 58.5 Å². The SMILES string of the molecule is CCc1nc(CNC(=NC)NCc2ccc(C)cc2OCC2CC2)cs1. The average Bonchev–Trinajstić information content (AvgIpc) is 3.37. The molecule has 0 atom stereocenters. The van der Waals surface area contributed by atoms with Crippen LogP contribution in [-0.4, -0.2) is 24.6 Å². The monoisotopic (exact) mass is 372 g/mol. The van der Waals surface area contributed by atoms with Gasteiger partial charge in [-0.3, -0.25) is 4.99 Å². The highest BCUT2D eigenvalue weighted by atomic mass is 32.1. The zero-order chi connectivity index (χ0) is 18.4. The van der Waals surface area contributed by atoms with E-state index in [0.29, 0.717) is 13.1 Å². The van der Waals surface area contributed by atoms with Gasteiger partial charge in [-0.15, -0.1) is 11.3 Å². The molecule has 0 saturated heterocycles. The number of ether oxygens (including phenoxy) is 1. The summed E-state index contributed by atoms with van der Waals surface area (Å²) in [5.41, 5.74) is 3.43. The summed E-state index contributed by atoms with van der Waals surface area (Å²) in [7, 11) is 1.79. The Morgan fingerprint density at radius 3 is 2.81 bits per heavy atom. The number of thiazole rings is 1. The average molecular weight is 373 g/mol. The summed E-state index contributed by atoms with van der Waals surface area (Å²) in [4.78, 5) is 8.88.